The summed E-state index contributed by atoms with van der Waals surface area (Å²) in [5, 5.41) is 13.4. The lowest BCUT2D eigenvalue weighted by Crippen LogP contribution is -2.30. The molecule has 2 unspecified atom stereocenters. The molecule has 0 radical (unpaired) electrons. The molecule has 2 aromatic rings. The minimum atomic E-state index is 0.0715. The first-order valence-electron chi connectivity index (χ1n) is 6.37. The van der Waals surface area contributed by atoms with Crippen molar-refractivity contribution in [2.24, 2.45) is 0 Å². The highest BCUT2D eigenvalue weighted by Gasteiger charge is 2.19. The number of thiophene rings is 1. The number of nitrogens with zero attached hydrogens (tertiary/aromatic N) is 3. The summed E-state index contributed by atoms with van der Waals surface area (Å²) < 4.78 is 5.68. The molecule has 0 aliphatic heterocycles. The molecule has 0 amide bonds. The molecule has 2 atom stereocenters. The molecule has 0 bridgehead atoms. The summed E-state index contributed by atoms with van der Waals surface area (Å²) in [7, 11) is 3.86. The van der Waals surface area contributed by atoms with Crippen molar-refractivity contribution in [1.29, 1.82) is 0 Å². The smallest absolute Gasteiger partial charge is 0.318 e. The average Bonchev–Trinajstić information content (AvgIpc) is 3.07. The minimum absolute atomic E-state index is 0.0715. The van der Waals surface area contributed by atoms with Crippen molar-refractivity contribution in [3.8, 4) is 0 Å². The second kappa shape index (κ2) is 6.16. The van der Waals surface area contributed by atoms with Gasteiger partial charge in [0.25, 0.3) is 0 Å². The number of rotatable bonds is 6. The largest absolute Gasteiger partial charge is 0.406 e. The fraction of sp³-hybridized carbons (Fsp3) is 0.538. The second-order valence-corrected chi connectivity index (χ2v) is 5.71. The zero-order chi connectivity index (χ0) is 13.8. The van der Waals surface area contributed by atoms with Gasteiger partial charge in [-0.15, -0.1) is 16.4 Å². The molecule has 0 saturated heterocycles. The molecule has 2 rings (SSSR count). The van der Waals surface area contributed by atoms with E-state index >= 15 is 0 Å². The molecule has 1 N–H and O–H groups in total. The number of hydrogen-bond donors (Lipinski definition) is 1. The maximum absolute atomic E-state index is 5.68. The third-order valence-corrected chi connectivity index (χ3v) is 4.17. The minimum Gasteiger partial charge on any atom is -0.406 e. The van der Waals surface area contributed by atoms with Gasteiger partial charge in [0.1, 0.15) is 0 Å². The Morgan fingerprint density at radius 1 is 1.42 bits per heavy atom. The Hall–Kier alpha value is -1.40. The van der Waals surface area contributed by atoms with Crippen LogP contribution in [-0.4, -0.2) is 30.3 Å². The van der Waals surface area contributed by atoms with Crippen LogP contribution in [0.2, 0.25) is 0 Å². The van der Waals surface area contributed by atoms with Crippen molar-refractivity contribution >= 4 is 17.4 Å². The number of aromatic nitrogens is 2. The molecule has 2 aromatic heterocycles. The number of nitrogens with one attached hydrogen (secondary N) is 1. The van der Waals surface area contributed by atoms with Gasteiger partial charge in [-0.05, 0) is 32.3 Å². The molecular formula is C13H20N4OS. The van der Waals surface area contributed by atoms with Gasteiger partial charge in [0.2, 0.25) is 5.89 Å². The van der Waals surface area contributed by atoms with Crippen LogP contribution in [0, 0.1) is 0 Å². The first-order valence-corrected chi connectivity index (χ1v) is 7.25. The Morgan fingerprint density at radius 3 is 2.84 bits per heavy atom. The summed E-state index contributed by atoms with van der Waals surface area (Å²) in [6, 6.07) is 5.18. The number of anilines is 1. The summed E-state index contributed by atoms with van der Waals surface area (Å²) in [6.45, 7) is 4.15. The summed E-state index contributed by atoms with van der Waals surface area (Å²) in [5.41, 5.74) is 0. The lowest BCUT2D eigenvalue weighted by atomic mass is 10.2. The first kappa shape index (κ1) is 14.0. The molecule has 5 nitrogen and oxygen atoms in total. The normalized spacial score (nSPS) is 14.3. The Labute approximate surface area is 117 Å². The van der Waals surface area contributed by atoms with E-state index in [4.69, 9.17) is 4.42 Å². The van der Waals surface area contributed by atoms with E-state index in [1.165, 1.54) is 4.88 Å². The van der Waals surface area contributed by atoms with E-state index in [1.54, 1.807) is 11.3 Å². The van der Waals surface area contributed by atoms with E-state index < -0.39 is 0 Å². The molecule has 0 spiro atoms. The van der Waals surface area contributed by atoms with E-state index in [9.17, 15) is 0 Å². The van der Waals surface area contributed by atoms with Crippen molar-refractivity contribution < 1.29 is 4.42 Å². The number of hydrogen-bond acceptors (Lipinski definition) is 6. The molecule has 0 aromatic carbocycles. The van der Waals surface area contributed by atoms with Gasteiger partial charge in [0.15, 0.2) is 0 Å². The third kappa shape index (κ3) is 3.33. The molecule has 0 aliphatic rings. The number of likely N-dealkylation sites (N-methyl/N-ethyl adjacent to an activating group) is 1. The Balaban J connectivity index is 2.02. The van der Waals surface area contributed by atoms with E-state index in [0.717, 1.165) is 6.42 Å². The highest BCUT2D eigenvalue weighted by Crippen LogP contribution is 2.20. The van der Waals surface area contributed by atoms with Gasteiger partial charge in [-0.2, -0.15) is 0 Å². The van der Waals surface area contributed by atoms with Crippen LogP contribution in [0.1, 0.15) is 30.7 Å². The topological polar surface area (TPSA) is 54.2 Å². The van der Waals surface area contributed by atoms with Crippen molar-refractivity contribution in [2.45, 2.75) is 32.4 Å². The lowest BCUT2D eigenvalue weighted by molar-refractivity contribution is 0.426. The van der Waals surface area contributed by atoms with Gasteiger partial charge < -0.3 is 14.6 Å². The van der Waals surface area contributed by atoms with Gasteiger partial charge in [0.05, 0.1) is 6.04 Å². The molecule has 6 heteroatoms. The van der Waals surface area contributed by atoms with Gasteiger partial charge in [-0.25, -0.2) is 0 Å². The van der Waals surface area contributed by atoms with Gasteiger partial charge >= 0.3 is 6.01 Å². The molecule has 2 heterocycles. The summed E-state index contributed by atoms with van der Waals surface area (Å²) >= 11 is 1.77. The summed E-state index contributed by atoms with van der Waals surface area (Å²) in [6.07, 6.45) is 0.980. The predicted molar refractivity (Wildman–Crippen MR) is 77.7 cm³/mol. The van der Waals surface area contributed by atoms with Crippen molar-refractivity contribution in [2.75, 3.05) is 19.0 Å². The van der Waals surface area contributed by atoms with E-state index in [-0.39, 0.29) is 6.04 Å². The molecule has 104 valence electrons. The standard InChI is InChI=1S/C13H20N4OS/c1-9(8-11-6-5-7-19-11)17(4)13-16-15-12(18-13)10(2)14-3/h5-7,9-10,14H,8H2,1-4H3. The fourth-order valence-corrected chi connectivity index (χ4v) is 2.54. The summed E-state index contributed by atoms with van der Waals surface area (Å²) in [4.78, 5) is 3.39. The molecule has 0 aliphatic carbocycles. The average molecular weight is 280 g/mol. The molecule has 0 saturated carbocycles. The third-order valence-electron chi connectivity index (χ3n) is 3.27. The molecule has 0 fully saturated rings. The molecular weight excluding hydrogens is 260 g/mol. The molecule has 19 heavy (non-hydrogen) atoms. The SMILES string of the molecule is CNC(C)c1nnc(N(C)C(C)Cc2cccs2)o1. The highest BCUT2D eigenvalue weighted by molar-refractivity contribution is 7.09. The maximum atomic E-state index is 5.68. The predicted octanol–water partition coefficient (Wildman–Crippen LogP) is 2.48. The van der Waals surface area contributed by atoms with Crippen LogP contribution in [0.5, 0.6) is 0 Å². The van der Waals surface area contributed by atoms with Gasteiger partial charge in [0, 0.05) is 24.4 Å². The highest BCUT2D eigenvalue weighted by atomic mass is 32.1. The first-order chi connectivity index (χ1) is 9.11. The van der Waals surface area contributed by atoms with Gasteiger partial charge in [-0.1, -0.05) is 11.2 Å². The van der Waals surface area contributed by atoms with Crippen molar-refractivity contribution in [3.63, 3.8) is 0 Å². The zero-order valence-electron chi connectivity index (χ0n) is 11.8. The summed E-state index contributed by atoms with van der Waals surface area (Å²) in [5.74, 6) is 0.618. The quantitative estimate of drug-likeness (QED) is 0.881. The van der Waals surface area contributed by atoms with Gasteiger partial charge in [-0.3, -0.25) is 0 Å². The zero-order valence-corrected chi connectivity index (χ0v) is 12.6. The van der Waals surface area contributed by atoms with Crippen molar-refractivity contribution in [1.82, 2.24) is 15.5 Å². The van der Waals surface area contributed by atoms with Crippen LogP contribution >= 0.6 is 11.3 Å². The van der Waals surface area contributed by atoms with E-state index in [1.807, 2.05) is 25.9 Å². The Morgan fingerprint density at radius 2 is 2.21 bits per heavy atom. The van der Waals surface area contributed by atoms with Crippen LogP contribution in [0.15, 0.2) is 21.9 Å². The van der Waals surface area contributed by atoms with E-state index in [0.29, 0.717) is 17.9 Å². The second-order valence-electron chi connectivity index (χ2n) is 4.68. The van der Waals surface area contributed by atoms with Crippen LogP contribution in [0.3, 0.4) is 0 Å². The Bertz CT molecular complexity index is 496. The fourth-order valence-electron chi connectivity index (χ4n) is 1.71. The lowest BCUT2D eigenvalue weighted by Gasteiger charge is -2.22. The van der Waals surface area contributed by atoms with Crippen LogP contribution in [0.4, 0.5) is 6.01 Å². The van der Waals surface area contributed by atoms with Crippen molar-refractivity contribution in [3.05, 3.63) is 28.3 Å². The van der Waals surface area contributed by atoms with E-state index in [2.05, 4.69) is 40.0 Å². The Kier molecular flexibility index (Phi) is 4.55. The van der Waals surface area contributed by atoms with Crippen LogP contribution in [0.25, 0.3) is 0 Å². The van der Waals surface area contributed by atoms with Crippen LogP contribution < -0.4 is 10.2 Å². The van der Waals surface area contributed by atoms with Crippen LogP contribution in [-0.2, 0) is 6.42 Å². The monoisotopic (exact) mass is 280 g/mol. The maximum Gasteiger partial charge on any atom is 0.318 e.